The highest BCUT2D eigenvalue weighted by atomic mass is 35.5. The summed E-state index contributed by atoms with van der Waals surface area (Å²) in [5.74, 6) is -2.59. The summed E-state index contributed by atoms with van der Waals surface area (Å²) in [7, 11) is 0. The van der Waals surface area contributed by atoms with Crippen molar-refractivity contribution in [2.45, 2.75) is 39.4 Å². The number of hydrogen-bond donors (Lipinski definition) is 0. The second-order valence-corrected chi connectivity index (χ2v) is 6.58. The highest BCUT2D eigenvalue weighted by Gasteiger charge is 2.45. The number of rotatable bonds is 6. The van der Waals surface area contributed by atoms with E-state index in [1.165, 1.54) is 6.08 Å². The summed E-state index contributed by atoms with van der Waals surface area (Å²) in [6, 6.07) is 7.17. The van der Waals surface area contributed by atoms with Crippen LogP contribution in [0.1, 0.15) is 33.6 Å². The molecule has 1 fully saturated rings. The highest BCUT2D eigenvalue weighted by Crippen LogP contribution is 2.32. The third-order valence-electron chi connectivity index (χ3n) is 4.25. The lowest BCUT2D eigenvalue weighted by atomic mass is 9.98. The third kappa shape index (κ3) is 5.05. The second kappa shape index (κ2) is 8.81. The monoisotopic (exact) mass is 375 g/mol. The fourth-order valence-electron chi connectivity index (χ4n) is 2.33. The van der Waals surface area contributed by atoms with Crippen LogP contribution in [0.25, 0.3) is 0 Å². The minimum Gasteiger partial charge on any atom is -0.419 e. The Kier molecular flexibility index (Phi) is 6.75. The Labute approximate surface area is 158 Å². The SMILES string of the molecule is CCC(C)C1(C)OC(=O)C(=CCC=CC=Nc2cccc(Cl)c2)C(=O)O1. The van der Waals surface area contributed by atoms with Crippen molar-refractivity contribution >= 4 is 35.4 Å². The second-order valence-electron chi connectivity index (χ2n) is 6.14. The summed E-state index contributed by atoms with van der Waals surface area (Å²) in [4.78, 5) is 28.5. The van der Waals surface area contributed by atoms with E-state index in [0.29, 0.717) is 11.4 Å². The summed E-state index contributed by atoms with van der Waals surface area (Å²) >= 11 is 5.88. The number of carbonyl (C=O) groups is 2. The minimum absolute atomic E-state index is 0.0813. The van der Waals surface area contributed by atoms with Gasteiger partial charge < -0.3 is 9.47 Å². The normalized spacial score (nSPS) is 21.8. The van der Waals surface area contributed by atoms with E-state index in [-0.39, 0.29) is 11.5 Å². The van der Waals surface area contributed by atoms with Crippen molar-refractivity contribution < 1.29 is 19.1 Å². The van der Waals surface area contributed by atoms with Gasteiger partial charge in [0.05, 0.1) is 5.69 Å². The van der Waals surface area contributed by atoms with E-state index in [0.717, 1.165) is 12.1 Å². The summed E-state index contributed by atoms with van der Waals surface area (Å²) in [5, 5.41) is 0.618. The summed E-state index contributed by atoms with van der Waals surface area (Å²) in [6.07, 6.45) is 7.70. The largest absolute Gasteiger partial charge is 0.419 e. The molecule has 0 saturated carbocycles. The predicted molar refractivity (Wildman–Crippen MR) is 101 cm³/mol. The number of cyclic esters (lactones) is 2. The Hall–Kier alpha value is -2.40. The van der Waals surface area contributed by atoms with Gasteiger partial charge in [-0.1, -0.05) is 43.7 Å². The van der Waals surface area contributed by atoms with Gasteiger partial charge in [0.1, 0.15) is 5.57 Å². The molecule has 0 bridgehead atoms. The van der Waals surface area contributed by atoms with Gasteiger partial charge in [0, 0.05) is 24.1 Å². The van der Waals surface area contributed by atoms with E-state index in [1.54, 1.807) is 37.4 Å². The van der Waals surface area contributed by atoms with Crippen LogP contribution in [-0.4, -0.2) is 23.9 Å². The van der Waals surface area contributed by atoms with Crippen LogP contribution in [0, 0.1) is 5.92 Å². The lowest BCUT2D eigenvalue weighted by Gasteiger charge is -2.37. The number of hydrogen-bond acceptors (Lipinski definition) is 5. The smallest absolute Gasteiger partial charge is 0.348 e. The van der Waals surface area contributed by atoms with Crippen LogP contribution in [0.15, 0.2) is 53.1 Å². The lowest BCUT2D eigenvalue weighted by Crippen LogP contribution is -2.48. The molecule has 1 aliphatic heterocycles. The van der Waals surface area contributed by atoms with Gasteiger partial charge in [-0.05, 0) is 37.1 Å². The van der Waals surface area contributed by atoms with Crippen molar-refractivity contribution in [1.29, 1.82) is 0 Å². The van der Waals surface area contributed by atoms with Crippen molar-refractivity contribution in [2.75, 3.05) is 0 Å². The molecule has 0 amide bonds. The van der Waals surface area contributed by atoms with Crippen LogP contribution in [-0.2, 0) is 19.1 Å². The van der Waals surface area contributed by atoms with Gasteiger partial charge in [-0.25, -0.2) is 9.59 Å². The fourth-order valence-corrected chi connectivity index (χ4v) is 2.52. The maximum Gasteiger partial charge on any atom is 0.348 e. The first kappa shape index (κ1) is 19.9. The number of ether oxygens (including phenoxy) is 2. The van der Waals surface area contributed by atoms with Crippen LogP contribution in [0.2, 0.25) is 5.02 Å². The number of halogens is 1. The molecule has 1 saturated heterocycles. The van der Waals surface area contributed by atoms with Gasteiger partial charge >= 0.3 is 11.9 Å². The van der Waals surface area contributed by atoms with E-state index in [9.17, 15) is 9.59 Å². The van der Waals surface area contributed by atoms with Crippen molar-refractivity contribution in [3.8, 4) is 0 Å². The lowest BCUT2D eigenvalue weighted by molar-refractivity contribution is -0.245. The van der Waals surface area contributed by atoms with Gasteiger partial charge in [-0.2, -0.15) is 0 Å². The molecule has 6 heteroatoms. The average Bonchev–Trinajstić information content (AvgIpc) is 2.59. The zero-order valence-electron chi connectivity index (χ0n) is 15.1. The van der Waals surface area contributed by atoms with E-state index in [4.69, 9.17) is 21.1 Å². The molecular formula is C20H22ClNO4. The van der Waals surface area contributed by atoms with Gasteiger partial charge in [0.25, 0.3) is 5.79 Å². The molecule has 1 aromatic carbocycles. The highest BCUT2D eigenvalue weighted by molar-refractivity contribution is 6.30. The van der Waals surface area contributed by atoms with Crippen LogP contribution in [0.5, 0.6) is 0 Å². The standard InChI is InChI=1S/C20H22ClNO4/c1-4-14(2)20(3)25-18(23)17(19(24)26-20)11-6-5-7-12-22-16-10-8-9-15(21)13-16/h5,7-14H,4,6H2,1-3H3. The van der Waals surface area contributed by atoms with E-state index in [2.05, 4.69) is 4.99 Å². The number of benzene rings is 1. The first-order valence-electron chi connectivity index (χ1n) is 8.47. The topological polar surface area (TPSA) is 65.0 Å². The van der Waals surface area contributed by atoms with Gasteiger partial charge in [0.15, 0.2) is 0 Å². The van der Waals surface area contributed by atoms with Crippen molar-refractivity contribution in [1.82, 2.24) is 0 Å². The van der Waals surface area contributed by atoms with Gasteiger partial charge in [-0.3, -0.25) is 4.99 Å². The fraction of sp³-hybridized carbons (Fsp3) is 0.350. The molecule has 138 valence electrons. The maximum atomic E-state index is 12.1. The number of allylic oxidation sites excluding steroid dienone is 3. The van der Waals surface area contributed by atoms with E-state index < -0.39 is 17.7 Å². The Morgan fingerprint density at radius 2 is 1.96 bits per heavy atom. The van der Waals surface area contributed by atoms with Gasteiger partial charge in [0.2, 0.25) is 0 Å². The van der Waals surface area contributed by atoms with Crippen LogP contribution in [0.4, 0.5) is 5.69 Å². The number of carbonyl (C=O) groups excluding carboxylic acids is 2. The van der Waals surface area contributed by atoms with Crippen molar-refractivity contribution in [3.63, 3.8) is 0 Å². The first-order valence-corrected chi connectivity index (χ1v) is 8.85. The molecule has 26 heavy (non-hydrogen) atoms. The summed E-state index contributed by atoms with van der Waals surface area (Å²) in [6.45, 7) is 5.43. The number of aliphatic imine (C=N–C) groups is 1. The molecule has 0 N–H and O–H groups in total. The zero-order valence-corrected chi connectivity index (χ0v) is 15.8. The van der Waals surface area contributed by atoms with E-state index >= 15 is 0 Å². The van der Waals surface area contributed by atoms with Crippen LogP contribution in [0.3, 0.4) is 0 Å². The molecule has 1 heterocycles. The summed E-state index contributed by atoms with van der Waals surface area (Å²) in [5.41, 5.74) is 0.659. The predicted octanol–water partition coefficient (Wildman–Crippen LogP) is 4.78. The maximum absolute atomic E-state index is 12.1. The molecule has 0 spiro atoms. The minimum atomic E-state index is -1.21. The number of nitrogens with zero attached hydrogens (tertiary/aromatic N) is 1. The molecule has 0 aromatic heterocycles. The Morgan fingerprint density at radius 1 is 1.27 bits per heavy atom. The molecular weight excluding hydrogens is 354 g/mol. The molecule has 5 nitrogen and oxygen atoms in total. The molecule has 1 aliphatic rings. The number of esters is 2. The van der Waals surface area contributed by atoms with Crippen LogP contribution < -0.4 is 0 Å². The molecule has 2 rings (SSSR count). The summed E-state index contributed by atoms with van der Waals surface area (Å²) < 4.78 is 10.7. The molecule has 1 aromatic rings. The Balaban J connectivity index is 1.94. The van der Waals surface area contributed by atoms with E-state index in [1.807, 2.05) is 26.0 Å². The quantitative estimate of drug-likeness (QED) is 0.310. The third-order valence-corrected chi connectivity index (χ3v) is 4.49. The molecule has 1 unspecified atom stereocenters. The Bertz CT molecular complexity index is 747. The molecule has 1 atom stereocenters. The first-order chi connectivity index (χ1) is 12.4. The molecule has 0 aliphatic carbocycles. The average molecular weight is 376 g/mol. The molecule has 0 radical (unpaired) electrons. The zero-order chi connectivity index (χ0) is 19.2. The Morgan fingerprint density at radius 3 is 2.58 bits per heavy atom. The van der Waals surface area contributed by atoms with Gasteiger partial charge in [-0.15, -0.1) is 0 Å². The van der Waals surface area contributed by atoms with Crippen LogP contribution >= 0.6 is 11.6 Å². The van der Waals surface area contributed by atoms with Crippen molar-refractivity contribution in [2.24, 2.45) is 10.9 Å². The van der Waals surface area contributed by atoms with Crippen molar-refractivity contribution in [3.05, 3.63) is 53.1 Å².